The minimum absolute atomic E-state index is 0.0515. The van der Waals surface area contributed by atoms with Gasteiger partial charge in [-0.3, -0.25) is 9.78 Å². The van der Waals surface area contributed by atoms with Crippen LogP contribution in [0.1, 0.15) is 30.9 Å². The van der Waals surface area contributed by atoms with Gasteiger partial charge in [-0.1, -0.05) is 26.0 Å². The molecule has 138 valence electrons. The Balaban J connectivity index is 1.55. The first kappa shape index (κ1) is 18.2. The van der Waals surface area contributed by atoms with Gasteiger partial charge in [-0.25, -0.2) is 0 Å². The molecule has 0 bridgehead atoms. The van der Waals surface area contributed by atoms with E-state index in [-0.39, 0.29) is 12.5 Å². The van der Waals surface area contributed by atoms with Crippen LogP contribution in [0.15, 0.2) is 42.7 Å². The van der Waals surface area contributed by atoms with Crippen molar-refractivity contribution in [2.24, 2.45) is 0 Å². The number of amides is 1. The topological polar surface area (TPSA) is 45.7 Å². The molecule has 0 saturated carbocycles. The third-order valence-corrected chi connectivity index (χ3v) is 4.80. The molecule has 1 amide bonds. The van der Waals surface area contributed by atoms with Gasteiger partial charge < -0.3 is 14.5 Å². The van der Waals surface area contributed by atoms with Gasteiger partial charge in [0.2, 0.25) is 0 Å². The molecule has 26 heavy (non-hydrogen) atoms. The zero-order chi connectivity index (χ0) is 18.5. The lowest BCUT2D eigenvalue weighted by molar-refractivity contribution is -0.133. The van der Waals surface area contributed by atoms with E-state index in [1.54, 1.807) is 12.4 Å². The number of piperazine rings is 1. The molecule has 0 unspecified atom stereocenters. The summed E-state index contributed by atoms with van der Waals surface area (Å²) in [4.78, 5) is 20.8. The Bertz CT molecular complexity index is 738. The molecule has 2 aromatic rings. The smallest absolute Gasteiger partial charge is 0.260 e. The zero-order valence-corrected chi connectivity index (χ0v) is 15.8. The van der Waals surface area contributed by atoms with Crippen LogP contribution in [0.4, 0.5) is 5.69 Å². The number of pyridine rings is 1. The second-order valence-electron chi connectivity index (χ2n) is 7.06. The van der Waals surface area contributed by atoms with Crippen molar-refractivity contribution in [2.45, 2.75) is 26.7 Å². The van der Waals surface area contributed by atoms with Crippen LogP contribution in [0, 0.1) is 6.92 Å². The molecule has 5 nitrogen and oxygen atoms in total. The van der Waals surface area contributed by atoms with Gasteiger partial charge >= 0.3 is 0 Å². The number of anilines is 1. The van der Waals surface area contributed by atoms with Crippen LogP contribution in [0.25, 0.3) is 0 Å². The van der Waals surface area contributed by atoms with Crippen LogP contribution < -0.4 is 9.64 Å². The fourth-order valence-corrected chi connectivity index (χ4v) is 3.24. The summed E-state index contributed by atoms with van der Waals surface area (Å²) in [6.45, 7) is 9.50. The summed E-state index contributed by atoms with van der Waals surface area (Å²) in [5, 5.41) is 0. The predicted octanol–water partition coefficient (Wildman–Crippen LogP) is 3.24. The van der Waals surface area contributed by atoms with Crippen LogP contribution in [0.3, 0.4) is 0 Å². The minimum atomic E-state index is 0.0515. The lowest BCUT2D eigenvalue weighted by atomic mass is 10.0. The highest BCUT2D eigenvalue weighted by Gasteiger charge is 2.22. The lowest BCUT2D eigenvalue weighted by Gasteiger charge is -2.36. The second kappa shape index (κ2) is 8.21. The van der Waals surface area contributed by atoms with E-state index in [2.05, 4.69) is 35.9 Å². The number of hydrogen-bond acceptors (Lipinski definition) is 4. The van der Waals surface area contributed by atoms with E-state index in [4.69, 9.17) is 4.74 Å². The first-order valence-electron chi connectivity index (χ1n) is 9.20. The number of carbonyl (C=O) groups excluding carboxylic acids is 1. The second-order valence-corrected chi connectivity index (χ2v) is 7.06. The summed E-state index contributed by atoms with van der Waals surface area (Å²) >= 11 is 0. The molecule has 1 aromatic carbocycles. The Morgan fingerprint density at radius 2 is 1.81 bits per heavy atom. The molecule has 0 spiro atoms. The Hall–Kier alpha value is -2.56. The monoisotopic (exact) mass is 353 g/mol. The summed E-state index contributed by atoms with van der Waals surface area (Å²) in [5.41, 5.74) is 3.44. The number of rotatable bonds is 5. The number of benzene rings is 1. The molecule has 5 heteroatoms. The zero-order valence-electron chi connectivity index (χ0n) is 15.8. The fourth-order valence-electron chi connectivity index (χ4n) is 3.24. The highest BCUT2D eigenvalue weighted by Crippen LogP contribution is 2.27. The van der Waals surface area contributed by atoms with E-state index in [9.17, 15) is 4.79 Å². The summed E-state index contributed by atoms with van der Waals surface area (Å²) in [6, 6.07) is 10.2. The van der Waals surface area contributed by atoms with Crippen molar-refractivity contribution in [3.05, 3.63) is 53.9 Å². The number of hydrogen-bond donors (Lipinski definition) is 0. The van der Waals surface area contributed by atoms with E-state index in [0.29, 0.717) is 5.92 Å². The van der Waals surface area contributed by atoms with Gasteiger partial charge in [0.15, 0.2) is 6.61 Å². The molecule has 0 N–H and O–H groups in total. The maximum Gasteiger partial charge on any atom is 0.260 e. The SMILES string of the molecule is Cc1ccc(C(C)C)c(OCC(=O)N2CCN(c3ccncc3)CC2)c1. The normalized spacial score (nSPS) is 14.6. The fraction of sp³-hybridized carbons (Fsp3) is 0.429. The number of carbonyl (C=O) groups is 1. The molecule has 0 radical (unpaired) electrons. The number of aromatic nitrogens is 1. The Morgan fingerprint density at radius 3 is 2.46 bits per heavy atom. The molecule has 1 fully saturated rings. The van der Waals surface area contributed by atoms with Gasteiger partial charge in [0.1, 0.15) is 5.75 Å². The summed E-state index contributed by atoms with van der Waals surface area (Å²) in [6.07, 6.45) is 3.60. The van der Waals surface area contributed by atoms with Crippen LogP contribution in [0.2, 0.25) is 0 Å². The van der Waals surface area contributed by atoms with E-state index in [0.717, 1.165) is 48.7 Å². The quantitative estimate of drug-likeness (QED) is 0.828. The first-order chi connectivity index (χ1) is 12.5. The van der Waals surface area contributed by atoms with Crippen molar-refractivity contribution in [1.82, 2.24) is 9.88 Å². The van der Waals surface area contributed by atoms with Crippen LogP contribution in [-0.2, 0) is 4.79 Å². The van der Waals surface area contributed by atoms with Crippen LogP contribution in [0.5, 0.6) is 5.75 Å². The maximum atomic E-state index is 12.6. The molecule has 0 atom stereocenters. The average molecular weight is 353 g/mol. The molecule has 0 aliphatic carbocycles. The maximum absolute atomic E-state index is 12.6. The predicted molar refractivity (Wildman–Crippen MR) is 104 cm³/mol. The summed E-state index contributed by atoms with van der Waals surface area (Å²) < 4.78 is 5.89. The van der Waals surface area contributed by atoms with Crippen molar-refractivity contribution >= 4 is 11.6 Å². The van der Waals surface area contributed by atoms with Gasteiger partial charge in [-0.05, 0) is 42.2 Å². The van der Waals surface area contributed by atoms with E-state index < -0.39 is 0 Å². The van der Waals surface area contributed by atoms with Crippen molar-refractivity contribution in [3.63, 3.8) is 0 Å². The highest BCUT2D eigenvalue weighted by atomic mass is 16.5. The highest BCUT2D eigenvalue weighted by molar-refractivity contribution is 5.78. The summed E-state index contributed by atoms with van der Waals surface area (Å²) in [7, 11) is 0. The molecule has 1 aliphatic heterocycles. The minimum Gasteiger partial charge on any atom is -0.483 e. The Kier molecular flexibility index (Phi) is 5.76. The molecule has 1 aromatic heterocycles. The van der Waals surface area contributed by atoms with Crippen molar-refractivity contribution in [3.8, 4) is 5.75 Å². The third kappa shape index (κ3) is 4.34. The van der Waals surface area contributed by atoms with Crippen LogP contribution >= 0.6 is 0 Å². The number of ether oxygens (including phenoxy) is 1. The van der Waals surface area contributed by atoms with Crippen molar-refractivity contribution < 1.29 is 9.53 Å². The standard InChI is InChI=1S/C21H27N3O2/c1-16(2)19-5-4-17(3)14-20(19)26-15-21(25)24-12-10-23(11-13-24)18-6-8-22-9-7-18/h4-9,14,16H,10-13,15H2,1-3H3. The molecule has 2 heterocycles. The summed E-state index contributed by atoms with van der Waals surface area (Å²) in [5.74, 6) is 1.24. The van der Waals surface area contributed by atoms with Crippen molar-refractivity contribution in [1.29, 1.82) is 0 Å². The van der Waals surface area contributed by atoms with Gasteiger partial charge in [0.05, 0.1) is 0 Å². The van der Waals surface area contributed by atoms with E-state index in [1.165, 1.54) is 0 Å². The van der Waals surface area contributed by atoms with Gasteiger partial charge in [0.25, 0.3) is 5.91 Å². The third-order valence-electron chi connectivity index (χ3n) is 4.80. The molecular formula is C21H27N3O2. The van der Waals surface area contributed by atoms with Gasteiger partial charge in [0, 0.05) is 44.3 Å². The lowest BCUT2D eigenvalue weighted by Crippen LogP contribution is -2.50. The molecule has 3 rings (SSSR count). The van der Waals surface area contributed by atoms with Gasteiger partial charge in [-0.2, -0.15) is 0 Å². The number of nitrogens with zero attached hydrogens (tertiary/aromatic N) is 3. The largest absolute Gasteiger partial charge is 0.483 e. The number of aryl methyl sites for hydroxylation is 1. The Morgan fingerprint density at radius 1 is 1.12 bits per heavy atom. The van der Waals surface area contributed by atoms with Crippen LogP contribution in [-0.4, -0.2) is 48.6 Å². The molecule has 1 aliphatic rings. The Labute approximate surface area is 155 Å². The average Bonchev–Trinajstić information content (AvgIpc) is 2.66. The first-order valence-corrected chi connectivity index (χ1v) is 9.20. The van der Waals surface area contributed by atoms with E-state index in [1.807, 2.05) is 30.0 Å². The molecular weight excluding hydrogens is 326 g/mol. The van der Waals surface area contributed by atoms with Crippen molar-refractivity contribution in [2.75, 3.05) is 37.7 Å². The van der Waals surface area contributed by atoms with Gasteiger partial charge in [-0.15, -0.1) is 0 Å². The van der Waals surface area contributed by atoms with E-state index >= 15 is 0 Å². The molecule has 1 saturated heterocycles.